The number of benzene rings is 1. The lowest BCUT2D eigenvalue weighted by Crippen LogP contribution is -2.42. The molecule has 1 aromatic rings. The van der Waals surface area contributed by atoms with E-state index in [0.29, 0.717) is 23.8 Å². The normalized spacial score (nSPS) is 19.0. The summed E-state index contributed by atoms with van der Waals surface area (Å²) in [7, 11) is 1.57. The standard InChI is InChI=1S/C21H28N2O7/c1-21(2)29-19(24)16(20(25)30-21)14-22-15-5-6-17(26-3)18(13-15)28-10-4-7-23-8-11-27-12-9-23/h5-6,13-14,22H,4,7-12H2,1-3H3. The molecule has 0 atom stereocenters. The zero-order chi connectivity index (χ0) is 21.6. The molecule has 2 fully saturated rings. The molecule has 2 heterocycles. The van der Waals surface area contributed by atoms with Gasteiger partial charge in [-0.1, -0.05) is 0 Å². The number of anilines is 1. The predicted molar refractivity (Wildman–Crippen MR) is 108 cm³/mol. The lowest BCUT2D eigenvalue weighted by molar-refractivity contribution is -0.222. The monoisotopic (exact) mass is 420 g/mol. The van der Waals surface area contributed by atoms with E-state index in [1.807, 2.05) is 0 Å². The number of rotatable bonds is 8. The fourth-order valence-corrected chi connectivity index (χ4v) is 3.11. The molecule has 9 nitrogen and oxygen atoms in total. The van der Waals surface area contributed by atoms with Gasteiger partial charge < -0.3 is 29.0 Å². The lowest BCUT2D eigenvalue weighted by Gasteiger charge is -2.29. The Morgan fingerprint density at radius 1 is 1.13 bits per heavy atom. The van der Waals surface area contributed by atoms with Crippen molar-refractivity contribution in [2.45, 2.75) is 26.1 Å². The van der Waals surface area contributed by atoms with E-state index in [1.54, 1.807) is 25.3 Å². The summed E-state index contributed by atoms with van der Waals surface area (Å²) < 4.78 is 26.7. The highest BCUT2D eigenvalue weighted by atomic mass is 16.7. The van der Waals surface area contributed by atoms with Crippen molar-refractivity contribution in [2.75, 3.05) is 51.9 Å². The minimum atomic E-state index is -1.27. The molecule has 0 bridgehead atoms. The Labute approximate surface area is 175 Å². The molecule has 3 rings (SSSR count). The van der Waals surface area contributed by atoms with Crippen LogP contribution in [0.2, 0.25) is 0 Å². The molecule has 1 N–H and O–H groups in total. The van der Waals surface area contributed by atoms with Gasteiger partial charge in [0, 0.05) is 51.4 Å². The smallest absolute Gasteiger partial charge is 0.350 e. The average Bonchev–Trinajstić information content (AvgIpc) is 2.70. The van der Waals surface area contributed by atoms with Gasteiger partial charge in [-0.3, -0.25) is 4.90 Å². The number of ether oxygens (including phenoxy) is 5. The van der Waals surface area contributed by atoms with Crippen LogP contribution in [-0.4, -0.2) is 69.2 Å². The number of morpholine rings is 1. The zero-order valence-electron chi connectivity index (χ0n) is 17.6. The van der Waals surface area contributed by atoms with Crippen LogP contribution in [0.25, 0.3) is 0 Å². The van der Waals surface area contributed by atoms with Crippen LogP contribution in [0.3, 0.4) is 0 Å². The molecule has 0 amide bonds. The molecule has 2 aliphatic rings. The van der Waals surface area contributed by atoms with E-state index in [-0.39, 0.29) is 5.57 Å². The fraction of sp³-hybridized carbons (Fsp3) is 0.524. The molecule has 30 heavy (non-hydrogen) atoms. The first-order valence-electron chi connectivity index (χ1n) is 9.92. The number of nitrogens with zero attached hydrogens (tertiary/aromatic N) is 1. The Kier molecular flexibility index (Phi) is 7.17. The number of nitrogens with one attached hydrogen (secondary N) is 1. The molecule has 0 aliphatic carbocycles. The molecule has 0 spiro atoms. The van der Waals surface area contributed by atoms with Crippen LogP contribution in [0.15, 0.2) is 30.0 Å². The van der Waals surface area contributed by atoms with E-state index in [0.717, 1.165) is 39.3 Å². The van der Waals surface area contributed by atoms with Crippen LogP contribution in [-0.2, 0) is 23.8 Å². The van der Waals surface area contributed by atoms with E-state index < -0.39 is 17.7 Å². The van der Waals surface area contributed by atoms with E-state index in [4.69, 9.17) is 23.7 Å². The number of methoxy groups -OCH3 is 1. The highest BCUT2D eigenvalue weighted by Crippen LogP contribution is 2.31. The first-order valence-corrected chi connectivity index (χ1v) is 9.92. The zero-order valence-corrected chi connectivity index (χ0v) is 17.6. The first-order chi connectivity index (χ1) is 14.4. The summed E-state index contributed by atoms with van der Waals surface area (Å²) in [6, 6.07) is 5.24. The van der Waals surface area contributed by atoms with E-state index in [2.05, 4.69) is 10.2 Å². The Balaban J connectivity index is 1.58. The maximum Gasteiger partial charge on any atom is 0.350 e. The second-order valence-electron chi connectivity index (χ2n) is 7.40. The minimum absolute atomic E-state index is 0.210. The first kappa shape index (κ1) is 21.9. The van der Waals surface area contributed by atoms with Gasteiger partial charge in [0.1, 0.15) is 0 Å². The number of carbonyl (C=O) groups is 2. The molecule has 0 radical (unpaired) electrons. The number of hydrogen-bond acceptors (Lipinski definition) is 9. The molecule has 164 valence electrons. The third-order valence-electron chi connectivity index (χ3n) is 4.64. The molecular formula is C21H28N2O7. The third kappa shape index (κ3) is 5.87. The van der Waals surface area contributed by atoms with Gasteiger partial charge in [0.25, 0.3) is 5.79 Å². The second kappa shape index (κ2) is 9.82. The molecule has 2 aliphatic heterocycles. The number of esters is 2. The Hall–Kier alpha value is -2.78. The maximum atomic E-state index is 12.0. The van der Waals surface area contributed by atoms with Gasteiger partial charge >= 0.3 is 11.9 Å². The van der Waals surface area contributed by atoms with Crippen LogP contribution in [0, 0.1) is 0 Å². The highest BCUT2D eigenvalue weighted by molar-refractivity contribution is 6.15. The average molecular weight is 420 g/mol. The minimum Gasteiger partial charge on any atom is -0.493 e. The quantitative estimate of drug-likeness (QED) is 0.293. The molecule has 2 saturated heterocycles. The largest absolute Gasteiger partial charge is 0.493 e. The van der Waals surface area contributed by atoms with Crippen molar-refractivity contribution in [3.63, 3.8) is 0 Å². The van der Waals surface area contributed by atoms with Crippen molar-refractivity contribution in [3.8, 4) is 11.5 Å². The summed E-state index contributed by atoms with van der Waals surface area (Å²) in [6.07, 6.45) is 2.14. The lowest BCUT2D eigenvalue weighted by atomic mass is 10.2. The molecular weight excluding hydrogens is 392 g/mol. The van der Waals surface area contributed by atoms with Crippen molar-refractivity contribution in [1.82, 2.24) is 4.90 Å². The summed E-state index contributed by atoms with van der Waals surface area (Å²) in [5.41, 5.74) is 0.412. The fourth-order valence-electron chi connectivity index (χ4n) is 3.11. The van der Waals surface area contributed by atoms with E-state index in [9.17, 15) is 9.59 Å². The number of cyclic esters (lactones) is 2. The van der Waals surface area contributed by atoms with Gasteiger partial charge in [0.2, 0.25) is 0 Å². The van der Waals surface area contributed by atoms with Crippen LogP contribution in [0.5, 0.6) is 11.5 Å². The van der Waals surface area contributed by atoms with Gasteiger partial charge in [-0.25, -0.2) is 9.59 Å². The summed E-state index contributed by atoms with van der Waals surface area (Å²) in [5, 5.41) is 2.91. The van der Waals surface area contributed by atoms with Crippen LogP contribution >= 0.6 is 0 Å². The Morgan fingerprint density at radius 3 is 2.50 bits per heavy atom. The predicted octanol–water partition coefficient (Wildman–Crippen LogP) is 1.93. The maximum absolute atomic E-state index is 12.0. The van der Waals surface area contributed by atoms with Crippen molar-refractivity contribution >= 4 is 17.6 Å². The van der Waals surface area contributed by atoms with Crippen LogP contribution in [0.1, 0.15) is 20.3 Å². The van der Waals surface area contributed by atoms with Crippen molar-refractivity contribution < 1.29 is 33.3 Å². The van der Waals surface area contributed by atoms with Gasteiger partial charge in [0.05, 0.1) is 26.9 Å². The van der Waals surface area contributed by atoms with Gasteiger partial charge in [0.15, 0.2) is 17.1 Å². The molecule has 0 unspecified atom stereocenters. The Morgan fingerprint density at radius 2 is 1.83 bits per heavy atom. The van der Waals surface area contributed by atoms with Crippen LogP contribution < -0.4 is 14.8 Å². The third-order valence-corrected chi connectivity index (χ3v) is 4.64. The Bertz CT molecular complexity index is 779. The summed E-state index contributed by atoms with van der Waals surface area (Å²) in [4.78, 5) is 26.4. The molecule has 1 aromatic carbocycles. The second-order valence-corrected chi connectivity index (χ2v) is 7.40. The number of hydrogen-bond donors (Lipinski definition) is 1. The van der Waals surface area contributed by atoms with Gasteiger partial charge in [-0.05, 0) is 18.6 Å². The van der Waals surface area contributed by atoms with Crippen LogP contribution in [0.4, 0.5) is 5.69 Å². The molecule has 0 saturated carbocycles. The van der Waals surface area contributed by atoms with Crippen molar-refractivity contribution in [1.29, 1.82) is 0 Å². The SMILES string of the molecule is COc1ccc(NC=C2C(=O)OC(C)(C)OC2=O)cc1OCCCN1CCOCC1. The van der Waals surface area contributed by atoms with Gasteiger partial charge in [-0.2, -0.15) is 0 Å². The van der Waals surface area contributed by atoms with Gasteiger partial charge in [-0.15, -0.1) is 0 Å². The topological polar surface area (TPSA) is 95.6 Å². The summed E-state index contributed by atoms with van der Waals surface area (Å²) in [5.74, 6) is -1.59. The van der Waals surface area contributed by atoms with Crippen molar-refractivity contribution in [3.05, 3.63) is 30.0 Å². The summed E-state index contributed by atoms with van der Waals surface area (Å²) >= 11 is 0. The summed E-state index contributed by atoms with van der Waals surface area (Å²) in [6.45, 7) is 7.91. The van der Waals surface area contributed by atoms with E-state index in [1.165, 1.54) is 20.0 Å². The van der Waals surface area contributed by atoms with Crippen molar-refractivity contribution in [2.24, 2.45) is 0 Å². The molecule has 9 heteroatoms. The number of carbonyl (C=O) groups excluding carboxylic acids is 2. The van der Waals surface area contributed by atoms with E-state index >= 15 is 0 Å². The highest BCUT2D eigenvalue weighted by Gasteiger charge is 2.38. The molecule has 0 aromatic heterocycles.